The third kappa shape index (κ3) is 4.05. The number of amides is 1. The first-order valence-corrected chi connectivity index (χ1v) is 9.68. The third-order valence-electron chi connectivity index (χ3n) is 5.56. The zero-order chi connectivity index (χ0) is 18.6. The molecule has 1 aliphatic heterocycles. The molecule has 1 fully saturated rings. The van der Waals surface area contributed by atoms with E-state index >= 15 is 0 Å². The topological polar surface area (TPSA) is 61.8 Å². The van der Waals surface area contributed by atoms with Crippen molar-refractivity contribution in [3.63, 3.8) is 0 Å². The Morgan fingerprint density at radius 2 is 2.04 bits per heavy atom. The number of aliphatic hydroxyl groups excluding tert-OH is 1. The molecule has 4 rings (SSSR count). The van der Waals surface area contributed by atoms with E-state index in [2.05, 4.69) is 16.3 Å². The summed E-state index contributed by atoms with van der Waals surface area (Å²) in [5.74, 6) is -0.0681. The highest BCUT2D eigenvalue weighted by Crippen LogP contribution is 2.29. The van der Waals surface area contributed by atoms with Gasteiger partial charge in [-0.25, -0.2) is 0 Å². The van der Waals surface area contributed by atoms with Crippen LogP contribution in [0.1, 0.15) is 33.5 Å². The van der Waals surface area contributed by atoms with Gasteiger partial charge >= 0.3 is 0 Å². The van der Waals surface area contributed by atoms with Gasteiger partial charge in [0, 0.05) is 24.3 Å². The lowest BCUT2D eigenvalue weighted by Gasteiger charge is -2.34. The van der Waals surface area contributed by atoms with Gasteiger partial charge in [-0.2, -0.15) is 0 Å². The van der Waals surface area contributed by atoms with Crippen molar-refractivity contribution in [2.24, 2.45) is 0 Å². The second-order valence-electron chi connectivity index (χ2n) is 7.33. The Balaban J connectivity index is 1.41. The van der Waals surface area contributed by atoms with E-state index in [1.807, 2.05) is 36.4 Å². The molecule has 0 saturated carbocycles. The molecule has 1 heterocycles. The van der Waals surface area contributed by atoms with Crippen molar-refractivity contribution in [1.29, 1.82) is 0 Å². The Bertz CT molecular complexity index is 804. The Labute approximate surface area is 160 Å². The number of aryl methyl sites for hydroxylation is 1. The number of nitrogens with zero attached hydrogens (tertiary/aromatic N) is 1. The van der Waals surface area contributed by atoms with Crippen molar-refractivity contribution in [2.45, 2.75) is 31.8 Å². The number of nitrogens with one attached hydrogen (secondary N) is 1. The summed E-state index contributed by atoms with van der Waals surface area (Å²) in [4.78, 5) is 14.9. The van der Waals surface area contributed by atoms with E-state index in [4.69, 9.17) is 4.74 Å². The van der Waals surface area contributed by atoms with Crippen LogP contribution in [0.3, 0.4) is 0 Å². The Morgan fingerprint density at radius 3 is 2.85 bits per heavy atom. The van der Waals surface area contributed by atoms with E-state index in [0.717, 1.165) is 43.6 Å². The van der Waals surface area contributed by atoms with Gasteiger partial charge in [0.25, 0.3) is 5.91 Å². The smallest absolute Gasteiger partial charge is 0.255 e. The Morgan fingerprint density at radius 1 is 1.19 bits per heavy atom. The Kier molecular flexibility index (Phi) is 5.53. The number of anilines is 1. The minimum Gasteiger partial charge on any atom is -0.395 e. The highest BCUT2D eigenvalue weighted by Gasteiger charge is 2.22. The summed E-state index contributed by atoms with van der Waals surface area (Å²) in [5.41, 5.74) is 5.37. The Hall–Kier alpha value is -2.21. The number of ether oxygens (including phenoxy) is 1. The molecule has 2 aromatic carbocycles. The number of carbonyl (C=O) groups excluding carboxylic acids is 1. The summed E-state index contributed by atoms with van der Waals surface area (Å²) >= 11 is 0. The van der Waals surface area contributed by atoms with Crippen LogP contribution in [0.25, 0.3) is 0 Å². The van der Waals surface area contributed by atoms with Crippen LogP contribution in [0.15, 0.2) is 42.5 Å². The fourth-order valence-corrected chi connectivity index (χ4v) is 3.99. The summed E-state index contributed by atoms with van der Waals surface area (Å²) in [6.07, 6.45) is 3.30. The predicted octanol–water partition coefficient (Wildman–Crippen LogP) is 2.62. The van der Waals surface area contributed by atoms with Gasteiger partial charge in [0.2, 0.25) is 0 Å². The summed E-state index contributed by atoms with van der Waals surface area (Å²) in [5, 5.41) is 12.6. The number of carbonyl (C=O) groups is 1. The van der Waals surface area contributed by atoms with E-state index in [0.29, 0.717) is 18.8 Å². The molecule has 5 nitrogen and oxygen atoms in total. The van der Waals surface area contributed by atoms with E-state index in [9.17, 15) is 9.90 Å². The molecule has 142 valence electrons. The average molecular weight is 366 g/mol. The number of rotatable bonds is 5. The van der Waals surface area contributed by atoms with Gasteiger partial charge in [-0.05, 0) is 54.2 Å². The van der Waals surface area contributed by atoms with Crippen molar-refractivity contribution in [3.8, 4) is 0 Å². The average Bonchev–Trinajstić information content (AvgIpc) is 3.19. The summed E-state index contributed by atoms with van der Waals surface area (Å²) in [7, 11) is 0. The molecule has 0 bridgehead atoms. The van der Waals surface area contributed by atoms with Crippen LogP contribution >= 0.6 is 0 Å². The van der Waals surface area contributed by atoms with Gasteiger partial charge in [0.1, 0.15) is 0 Å². The molecule has 0 spiro atoms. The SMILES string of the molecule is O=C(Nc1cccc2c1CCC2)c1ccc(CN2CCOC[C@H]2CO)cc1. The molecule has 2 aliphatic rings. The maximum absolute atomic E-state index is 12.6. The molecule has 2 N–H and O–H groups in total. The number of benzene rings is 2. The number of aliphatic hydroxyl groups is 1. The van der Waals surface area contributed by atoms with Crippen LogP contribution in [0.4, 0.5) is 5.69 Å². The first-order chi connectivity index (χ1) is 13.2. The molecule has 5 heteroatoms. The lowest BCUT2D eigenvalue weighted by molar-refractivity contribution is -0.0312. The predicted molar refractivity (Wildman–Crippen MR) is 105 cm³/mol. The van der Waals surface area contributed by atoms with Crippen LogP contribution < -0.4 is 5.32 Å². The molecule has 0 aromatic heterocycles. The molecule has 0 unspecified atom stereocenters. The van der Waals surface area contributed by atoms with Crippen LogP contribution in [-0.2, 0) is 24.1 Å². The number of hydrogen-bond donors (Lipinski definition) is 2. The first kappa shape index (κ1) is 18.2. The largest absolute Gasteiger partial charge is 0.395 e. The second-order valence-corrected chi connectivity index (χ2v) is 7.33. The number of hydrogen-bond acceptors (Lipinski definition) is 4. The summed E-state index contributed by atoms with van der Waals surface area (Å²) in [6, 6.07) is 13.9. The standard InChI is InChI=1S/C22H26N2O3/c25-14-19-15-27-12-11-24(19)13-16-7-9-18(10-8-16)22(26)23-21-6-2-4-17-3-1-5-20(17)21/h2,4,6-10,19,25H,1,3,5,11-15H2,(H,23,26)/t19-/m1/s1. The minimum atomic E-state index is -0.0681. The summed E-state index contributed by atoms with van der Waals surface area (Å²) < 4.78 is 5.43. The van der Waals surface area contributed by atoms with Crippen molar-refractivity contribution >= 4 is 11.6 Å². The van der Waals surface area contributed by atoms with Crippen LogP contribution in [0.5, 0.6) is 0 Å². The lowest BCUT2D eigenvalue weighted by atomic mass is 10.1. The van der Waals surface area contributed by atoms with Gasteiger partial charge in [0.15, 0.2) is 0 Å². The van der Waals surface area contributed by atoms with Gasteiger partial charge in [0.05, 0.1) is 25.9 Å². The molecule has 0 radical (unpaired) electrons. The third-order valence-corrected chi connectivity index (χ3v) is 5.56. The van der Waals surface area contributed by atoms with Gasteiger partial charge in [-0.15, -0.1) is 0 Å². The highest BCUT2D eigenvalue weighted by molar-refractivity contribution is 6.04. The number of fused-ring (bicyclic) bond motifs is 1. The van der Waals surface area contributed by atoms with E-state index in [-0.39, 0.29) is 18.6 Å². The first-order valence-electron chi connectivity index (χ1n) is 9.68. The fourth-order valence-electron chi connectivity index (χ4n) is 3.99. The zero-order valence-electron chi connectivity index (χ0n) is 15.5. The fraction of sp³-hybridized carbons (Fsp3) is 0.409. The van der Waals surface area contributed by atoms with Crippen molar-refractivity contribution in [2.75, 3.05) is 31.7 Å². The highest BCUT2D eigenvalue weighted by atomic mass is 16.5. The molecule has 1 amide bonds. The summed E-state index contributed by atoms with van der Waals surface area (Å²) in [6.45, 7) is 2.92. The van der Waals surface area contributed by atoms with Crippen LogP contribution in [-0.4, -0.2) is 48.3 Å². The zero-order valence-corrected chi connectivity index (χ0v) is 15.5. The maximum Gasteiger partial charge on any atom is 0.255 e. The van der Waals surface area contributed by atoms with Crippen molar-refractivity contribution in [1.82, 2.24) is 4.90 Å². The van der Waals surface area contributed by atoms with Crippen molar-refractivity contribution in [3.05, 3.63) is 64.7 Å². The molecule has 1 atom stereocenters. The monoisotopic (exact) mass is 366 g/mol. The van der Waals surface area contributed by atoms with Crippen LogP contribution in [0, 0.1) is 0 Å². The van der Waals surface area contributed by atoms with Crippen LogP contribution in [0.2, 0.25) is 0 Å². The van der Waals surface area contributed by atoms with Gasteiger partial charge < -0.3 is 15.2 Å². The van der Waals surface area contributed by atoms with E-state index < -0.39 is 0 Å². The van der Waals surface area contributed by atoms with Crippen molar-refractivity contribution < 1.29 is 14.6 Å². The van der Waals surface area contributed by atoms with E-state index in [1.165, 1.54) is 11.1 Å². The van der Waals surface area contributed by atoms with E-state index in [1.54, 1.807) is 0 Å². The number of morpholine rings is 1. The molecular formula is C22H26N2O3. The maximum atomic E-state index is 12.6. The molecule has 1 aliphatic carbocycles. The molecule has 2 aromatic rings. The molecule has 27 heavy (non-hydrogen) atoms. The molecule has 1 saturated heterocycles. The second kappa shape index (κ2) is 8.21. The molecular weight excluding hydrogens is 340 g/mol. The van der Waals surface area contributed by atoms with Gasteiger partial charge in [-0.1, -0.05) is 24.3 Å². The van der Waals surface area contributed by atoms with Gasteiger partial charge in [-0.3, -0.25) is 9.69 Å². The lowest BCUT2D eigenvalue weighted by Crippen LogP contribution is -2.46. The normalized spacial score (nSPS) is 19.7. The minimum absolute atomic E-state index is 0.0434. The quantitative estimate of drug-likeness (QED) is 0.854.